The van der Waals surface area contributed by atoms with Crippen molar-refractivity contribution in [2.45, 2.75) is 58.9 Å². The van der Waals surface area contributed by atoms with E-state index in [0.717, 1.165) is 43.5 Å². The minimum absolute atomic E-state index is 0.0368. The molecule has 35 heavy (non-hydrogen) atoms. The fourth-order valence-corrected chi connectivity index (χ4v) is 4.69. The summed E-state index contributed by atoms with van der Waals surface area (Å²) in [6, 6.07) is 18.1. The lowest BCUT2D eigenvalue weighted by Gasteiger charge is -2.26. The van der Waals surface area contributed by atoms with Crippen molar-refractivity contribution in [1.82, 2.24) is 25.3 Å². The Bertz CT molecular complexity index is 1340. The molecule has 180 valence electrons. The number of carbonyl (C=O) groups excluding carboxylic acids is 1. The highest BCUT2D eigenvalue weighted by Crippen LogP contribution is 2.30. The molecule has 1 amide bonds. The maximum Gasteiger partial charge on any atom is 0.268 e. The molecule has 7 nitrogen and oxygen atoms in total. The van der Waals surface area contributed by atoms with Crippen molar-refractivity contribution in [3.63, 3.8) is 0 Å². The summed E-state index contributed by atoms with van der Waals surface area (Å²) in [6.45, 7) is 6.18. The van der Waals surface area contributed by atoms with E-state index in [1.165, 1.54) is 11.1 Å². The molecule has 0 radical (unpaired) electrons. The summed E-state index contributed by atoms with van der Waals surface area (Å²) in [7, 11) is 0. The molecule has 1 atom stereocenters. The standard InChI is InChI=1S/C28H31N5O2/c1-18(2)14-15-23-17-26(28-31-30-19(3)35-28)32-33(23)22-11-6-10-21(16-22)27(34)29-25-13-7-9-20-8-4-5-12-24(20)25/h4-6,8,10-12,16-18,25H,7,9,13-15H2,1-3H3,(H,29,34)/t25-/m0/s1. The van der Waals surface area contributed by atoms with Gasteiger partial charge in [0.2, 0.25) is 5.89 Å². The van der Waals surface area contributed by atoms with Crippen LogP contribution in [-0.4, -0.2) is 25.9 Å². The van der Waals surface area contributed by atoms with E-state index in [4.69, 9.17) is 9.52 Å². The van der Waals surface area contributed by atoms with Crippen LogP contribution in [0.4, 0.5) is 0 Å². The van der Waals surface area contributed by atoms with Gasteiger partial charge in [-0.05, 0) is 73.4 Å². The molecule has 1 aliphatic rings. The van der Waals surface area contributed by atoms with Crippen LogP contribution in [0.25, 0.3) is 17.3 Å². The number of hydrogen-bond donors (Lipinski definition) is 1. The summed E-state index contributed by atoms with van der Waals surface area (Å²) in [5, 5.41) is 16.1. The molecule has 1 aliphatic carbocycles. The van der Waals surface area contributed by atoms with Crippen molar-refractivity contribution in [1.29, 1.82) is 0 Å². The van der Waals surface area contributed by atoms with Crippen LogP contribution < -0.4 is 5.32 Å². The van der Waals surface area contributed by atoms with Crippen molar-refractivity contribution in [2.75, 3.05) is 0 Å². The molecular formula is C28H31N5O2. The highest BCUT2D eigenvalue weighted by atomic mass is 16.4. The number of nitrogens with one attached hydrogen (secondary N) is 1. The molecule has 2 aromatic carbocycles. The van der Waals surface area contributed by atoms with Gasteiger partial charge in [0.15, 0.2) is 0 Å². The van der Waals surface area contributed by atoms with Crippen molar-refractivity contribution in [2.24, 2.45) is 5.92 Å². The van der Waals surface area contributed by atoms with E-state index in [1.54, 1.807) is 6.92 Å². The first-order valence-corrected chi connectivity index (χ1v) is 12.4. The Hall–Kier alpha value is -3.74. The topological polar surface area (TPSA) is 85.8 Å². The van der Waals surface area contributed by atoms with Crippen LogP contribution >= 0.6 is 0 Å². The van der Waals surface area contributed by atoms with Gasteiger partial charge < -0.3 is 9.73 Å². The van der Waals surface area contributed by atoms with E-state index in [2.05, 4.69) is 47.6 Å². The zero-order valence-corrected chi connectivity index (χ0v) is 20.5. The molecule has 0 bridgehead atoms. The second-order valence-electron chi connectivity index (χ2n) is 9.66. The third-order valence-corrected chi connectivity index (χ3v) is 6.53. The molecule has 4 aromatic rings. The lowest BCUT2D eigenvalue weighted by atomic mass is 9.87. The monoisotopic (exact) mass is 469 g/mol. The number of amides is 1. The Kier molecular flexibility index (Phi) is 6.49. The van der Waals surface area contributed by atoms with Crippen LogP contribution in [0.15, 0.2) is 59.0 Å². The van der Waals surface area contributed by atoms with Crippen molar-refractivity contribution >= 4 is 5.91 Å². The van der Waals surface area contributed by atoms with Gasteiger partial charge in [-0.3, -0.25) is 4.79 Å². The van der Waals surface area contributed by atoms with Gasteiger partial charge >= 0.3 is 0 Å². The van der Waals surface area contributed by atoms with Crippen molar-refractivity contribution in [3.05, 3.63) is 82.9 Å². The van der Waals surface area contributed by atoms with E-state index >= 15 is 0 Å². The number of aromatic nitrogens is 4. The van der Waals surface area contributed by atoms with E-state index in [-0.39, 0.29) is 11.9 Å². The third kappa shape index (κ3) is 5.04. The summed E-state index contributed by atoms with van der Waals surface area (Å²) >= 11 is 0. The van der Waals surface area contributed by atoms with Crippen molar-refractivity contribution < 1.29 is 9.21 Å². The van der Waals surface area contributed by atoms with Gasteiger partial charge in [0.1, 0.15) is 5.69 Å². The number of carbonyl (C=O) groups is 1. The zero-order chi connectivity index (χ0) is 24.4. The predicted molar refractivity (Wildman–Crippen MR) is 134 cm³/mol. The molecule has 0 aliphatic heterocycles. The van der Waals surface area contributed by atoms with Gasteiger partial charge in [0.25, 0.3) is 11.8 Å². The summed E-state index contributed by atoms with van der Waals surface area (Å²) in [5.41, 5.74) is 5.69. The molecule has 0 fully saturated rings. The lowest BCUT2D eigenvalue weighted by molar-refractivity contribution is 0.0932. The van der Waals surface area contributed by atoms with Crippen LogP contribution in [0.5, 0.6) is 0 Å². The van der Waals surface area contributed by atoms with Gasteiger partial charge in [-0.25, -0.2) is 4.68 Å². The predicted octanol–water partition coefficient (Wildman–Crippen LogP) is 5.63. The Morgan fingerprint density at radius 2 is 2.00 bits per heavy atom. The van der Waals surface area contributed by atoms with E-state index < -0.39 is 0 Å². The molecule has 0 saturated carbocycles. The SMILES string of the molecule is Cc1nnc(-c2cc(CCC(C)C)n(-c3cccc(C(=O)N[C@H]4CCCc5ccccc54)c3)n2)o1. The number of benzene rings is 2. The van der Waals surface area contributed by atoms with Crippen LogP contribution in [-0.2, 0) is 12.8 Å². The Morgan fingerprint density at radius 1 is 1.14 bits per heavy atom. The van der Waals surface area contributed by atoms with Gasteiger partial charge in [0.05, 0.1) is 11.7 Å². The van der Waals surface area contributed by atoms with Gasteiger partial charge in [-0.2, -0.15) is 5.10 Å². The molecular weight excluding hydrogens is 438 g/mol. The number of rotatable bonds is 7. The zero-order valence-electron chi connectivity index (χ0n) is 20.5. The molecule has 7 heteroatoms. The first-order chi connectivity index (χ1) is 17.0. The summed E-state index contributed by atoms with van der Waals surface area (Å²) in [4.78, 5) is 13.3. The highest BCUT2D eigenvalue weighted by molar-refractivity contribution is 5.95. The molecule has 1 N–H and O–H groups in total. The molecule has 5 rings (SSSR count). The summed E-state index contributed by atoms with van der Waals surface area (Å²) in [5.74, 6) is 1.39. The second kappa shape index (κ2) is 9.86. The number of nitrogens with zero attached hydrogens (tertiary/aromatic N) is 4. The highest BCUT2D eigenvalue weighted by Gasteiger charge is 2.22. The molecule has 0 spiro atoms. The fraction of sp³-hybridized carbons (Fsp3) is 0.357. The largest absolute Gasteiger partial charge is 0.420 e. The number of aryl methyl sites for hydroxylation is 3. The third-order valence-electron chi connectivity index (χ3n) is 6.53. The minimum Gasteiger partial charge on any atom is -0.420 e. The van der Waals surface area contributed by atoms with E-state index in [1.807, 2.05) is 41.1 Å². The van der Waals surface area contributed by atoms with Gasteiger partial charge in [-0.1, -0.05) is 44.2 Å². The fourth-order valence-electron chi connectivity index (χ4n) is 4.69. The number of hydrogen-bond acceptors (Lipinski definition) is 5. The molecule has 0 unspecified atom stereocenters. The first kappa shape index (κ1) is 23.0. The normalized spacial score (nSPS) is 15.3. The Balaban J connectivity index is 1.43. The smallest absolute Gasteiger partial charge is 0.268 e. The average Bonchev–Trinajstić information content (AvgIpc) is 3.49. The Labute approximate surface area is 205 Å². The average molecular weight is 470 g/mol. The summed E-state index contributed by atoms with van der Waals surface area (Å²) < 4.78 is 7.51. The molecule has 0 saturated heterocycles. The maximum absolute atomic E-state index is 13.3. The van der Waals surface area contributed by atoms with E-state index in [0.29, 0.717) is 29.0 Å². The quantitative estimate of drug-likeness (QED) is 0.379. The van der Waals surface area contributed by atoms with Gasteiger partial charge in [0, 0.05) is 18.2 Å². The number of fused-ring (bicyclic) bond motifs is 1. The lowest BCUT2D eigenvalue weighted by Crippen LogP contribution is -2.31. The molecule has 2 heterocycles. The van der Waals surface area contributed by atoms with Crippen LogP contribution in [0.2, 0.25) is 0 Å². The van der Waals surface area contributed by atoms with E-state index in [9.17, 15) is 4.79 Å². The minimum atomic E-state index is -0.0720. The Morgan fingerprint density at radius 3 is 2.80 bits per heavy atom. The maximum atomic E-state index is 13.3. The van der Waals surface area contributed by atoms with Crippen LogP contribution in [0, 0.1) is 12.8 Å². The van der Waals surface area contributed by atoms with Gasteiger partial charge in [-0.15, -0.1) is 10.2 Å². The second-order valence-corrected chi connectivity index (χ2v) is 9.66. The first-order valence-electron chi connectivity index (χ1n) is 12.4. The van der Waals surface area contributed by atoms with Crippen molar-refractivity contribution in [3.8, 4) is 17.3 Å². The van der Waals surface area contributed by atoms with Crippen LogP contribution in [0.3, 0.4) is 0 Å². The summed E-state index contributed by atoms with van der Waals surface area (Å²) in [6.07, 6.45) is 4.97. The molecule has 2 aromatic heterocycles. The van der Waals surface area contributed by atoms with Crippen LogP contribution in [0.1, 0.15) is 72.2 Å².